The number of hydrogen-bond acceptors (Lipinski definition) is 6. The highest BCUT2D eigenvalue weighted by molar-refractivity contribution is 5.84. The van der Waals surface area contributed by atoms with Crippen LogP contribution in [-0.4, -0.2) is 25.7 Å². The monoisotopic (exact) mass is 380 g/mol. The fourth-order valence-electron chi connectivity index (χ4n) is 2.40. The van der Waals surface area contributed by atoms with Gasteiger partial charge in [-0.1, -0.05) is 30.3 Å². The van der Waals surface area contributed by atoms with Crippen LogP contribution in [0.15, 0.2) is 65.8 Å². The van der Waals surface area contributed by atoms with E-state index in [2.05, 4.69) is 15.3 Å². The topological polar surface area (TPSA) is 106 Å². The summed E-state index contributed by atoms with van der Waals surface area (Å²) in [4.78, 5) is 32.9. The number of aromatic nitrogens is 3. The minimum atomic E-state index is -1.14. The molecule has 0 saturated carbocycles. The molecule has 0 aliphatic heterocycles. The molecule has 0 saturated heterocycles. The third kappa shape index (κ3) is 4.60. The molecular formula is C20H20N4O4. The molecule has 0 radical (unpaired) electrons. The molecule has 1 aromatic carbocycles. The predicted octanol–water partition coefficient (Wildman–Crippen LogP) is 2.60. The Morgan fingerprint density at radius 3 is 2.54 bits per heavy atom. The number of carbonyl (C=O) groups excluding carboxylic acids is 1. The summed E-state index contributed by atoms with van der Waals surface area (Å²) in [5, 5.41) is 12.4. The SMILES string of the molecule is CC(C)(O)c1cnc(-n2cccc(NC(=O)OCc3ccccc3)c2=O)cn1. The fourth-order valence-corrected chi connectivity index (χ4v) is 2.40. The molecule has 1 amide bonds. The minimum Gasteiger partial charge on any atom is -0.444 e. The highest BCUT2D eigenvalue weighted by Gasteiger charge is 2.18. The molecule has 8 nitrogen and oxygen atoms in total. The van der Waals surface area contributed by atoms with Crippen LogP contribution in [0, 0.1) is 0 Å². The van der Waals surface area contributed by atoms with Crippen molar-refractivity contribution >= 4 is 11.8 Å². The number of anilines is 1. The second-order valence-corrected chi connectivity index (χ2v) is 6.60. The van der Waals surface area contributed by atoms with Crippen LogP contribution in [-0.2, 0) is 16.9 Å². The van der Waals surface area contributed by atoms with Gasteiger partial charge in [0.25, 0.3) is 5.56 Å². The number of amides is 1. The summed E-state index contributed by atoms with van der Waals surface area (Å²) in [6, 6.07) is 12.3. The molecule has 2 aromatic heterocycles. The maximum Gasteiger partial charge on any atom is 0.412 e. The summed E-state index contributed by atoms with van der Waals surface area (Å²) in [5.41, 5.74) is -0.352. The van der Waals surface area contributed by atoms with Gasteiger partial charge in [0.2, 0.25) is 0 Å². The Hall–Kier alpha value is -3.52. The van der Waals surface area contributed by atoms with Crippen LogP contribution in [0.25, 0.3) is 5.82 Å². The van der Waals surface area contributed by atoms with Gasteiger partial charge in [0.15, 0.2) is 5.82 Å². The standard InChI is InChI=1S/C20H20N4O4/c1-20(2,27)16-11-22-17(12-21-16)24-10-6-9-15(18(24)25)23-19(26)28-13-14-7-4-3-5-8-14/h3-12,27H,13H2,1-2H3,(H,23,26). The number of nitrogens with zero attached hydrogens (tertiary/aromatic N) is 3. The van der Waals surface area contributed by atoms with Crippen molar-refractivity contribution in [2.75, 3.05) is 5.32 Å². The number of carbonyl (C=O) groups is 1. The van der Waals surface area contributed by atoms with Crippen molar-refractivity contribution in [3.8, 4) is 5.82 Å². The molecule has 2 N–H and O–H groups in total. The van der Waals surface area contributed by atoms with E-state index in [0.717, 1.165) is 5.56 Å². The van der Waals surface area contributed by atoms with Gasteiger partial charge in [-0.3, -0.25) is 19.7 Å². The van der Waals surface area contributed by atoms with Gasteiger partial charge in [-0.15, -0.1) is 0 Å². The maximum absolute atomic E-state index is 12.6. The third-order valence-electron chi connectivity index (χ3n) is 3.91. The molecule has 3 rings (SSSR count). The van der Waals surface area contributed by atoms with Crippen LogP contribution < -0.4 is 10.9 Å². The van der Waals surface area contributed by atoms with E-state index in [4.69, 9.17) is 4.74 Å². The molecule has 3 aromatic rings. The summed E-state index contributed by atoms with van der Waals surface area (Å²) in [6.07, 6.45) is 3.56. The lowest BCUT2D eigenvalue weighted by atomic mass is 10.1. The molecule has 0 bridgehead atoms. The highest BCUT2D eigenvalue weighted by Crippen LogP contribution is 2.16. The van der Waals surface area contributed by atoms with Crippen LogP contribution in [0.3, 0.4) is 0 Å². The summed E-state index contributed by atoms with van der Waals surface area (Å²) >= 11 is 0. The smallest absolute Gasteiger partial charge is 0.412 e. The maximum atomic E-state index is 12.6. The fraction of sp³-hybridized carbons (Fsp3) is 0.200. The second-order valence-electron chi connectivity index (χ2n) is 6.60. The first-order valence-corrected chi connectivity index (χ1v) is 8.59. The Bertz CT molecular complexity index is 1010. The van der Waals surface area contributed by atoms with E-state index in [1.807, 2.05) is 30.3 Å². The van der Waals surface area contributed by atoms with Gasteiger partial charge in [0.05, 0.1) is 18.1 Å². The normalized spacial score (nSPS) is 11.1. The van der Waals surface area contributed by atoms with Crippen LogP contribution in [0.2, 0.25) is 0 Å². The average Bonchev–Trinajstić information content (AvgIpc) is 2.68. The first-order chi connectivity index (χ1) is 13.3. The molecule has 2 heterocycles. The van der Waals surface area contributed by atoms with E-state index in [0.29, 0.717) is 5.69 Å². The van der Waals surface area contributed by atoms with E-state index >= 15 is 0 Å². The van der Waals surface area contributed by atoms with E-state index in [-0.39, 0.29) is 18.1 Å². The molecule has 0 fully saturated rings. The van der Waals surface area contributed by atoms with E-state index in [1.165, 1.54) is 29.2 Å². The van der Waals surface area contributed by atoms with E-state index < -0.39 is 17.3 Å². The first-order valence-electron chi connectivity index (χ1n) is 8.59. The lowest BCUT2D eigenvalue weighted by Gasteiger charge is -2.16. The Kier molecular flexibility index (Phi) is 5.51. The highest BCUT2D eigenvalue weighted by atomic mass is 16.5. The number of aliphatic hydroxyl groups is 1. The van der Waals surface area contributed by atoms with Crippen molar-refractivity contribution in [2.45, 2.75) is 26.1 Å². The van der Waals surface area contributed by atoms with Crippen molar-refractivity contribution in [2.24, 2.45) is 0 Å². The number of nitrogens with one attached hydrogen (secondary N) is 1. The van der Waals surface area contributed by atoms with Gasteiger partial charge in [0.1, 0.15) is 17.9 Å². The molecule has 0 spiro atoms. The average molecular weight is 380 g/mol. The van der Waals surface area contributed by atoms with Crippen molar-refractivity contribution in [3.05, 3.63) is 82.7 Å². The number of ether oxygens (including phenoxy) is 1. The molecule has 28 heavy (non-hydrogen) atoms. The molecule has 0 aliphatic rings. The van der Waals surface area contributed by atoms with Gasteiger partial charge in [-0.05, 0) is 31.5 Å². The van der Waals surface area contributed by atoms with Crippen LogP contribution >= 0.6 is 0 Å². The van der Waals surface area contributed by atoms with Crippen LogP contribution in [0.4, 0.5) is 10.5 Å². The van der Waals surface area contributed by atoms with Gasteiger partial charge < -0.3 is 9.84 Å². The minimum absolute atomic E-state index is 0.0499. The Labute approximate surface area is 161 Å². The predicted molar refractivity (Wildman–Crippen MR) is 103 cm³/mol. The van der Waals surface area contributed by atoms with Crippen molar-refractivity contribution in [1.82, 2.24) is 14.5 Å². The molecule has 0 atom stereocenters. The van der Waals surface area contributed by atoms with Crippen LogP contribution in [0.1, 0.15) is 25.1 Å². The quantitative estimate of drug-likeness (QED) is 0.705. The lowest BCUT2D eigenvalue weighted by Crippen LogP contribution is -2.26. The number of hydrogen-bond donors (Lipinski definition) is 2. The molecular weight excluding hydrogens is 360 g/mol. The second kappa shape index (κ2) is 8.01. The van der Waals surface area contributed by atoms with Gasteiger partial charge in [0, 0.05) is 6.20 Å². The van der Waals surface area contributed by atoms with Crippen molar-refractivity contribution in [3.63, 3.8) is 0 Å². The summed E-state index contributed by atoms with van der Waals surface area (Å²) < 4.78 is 6.38. The zero-order chi connectivity index (χ0) is 20.1. The van der Waals surface area contributed by atoms with Gasteiger partial charge >= 0.3 is 6.09 Å². The van der Waals surface area contributed by atoms with E-state index in [1.54, 1.807) is 19.9 Å². The van der Waals surface area contributed by atoms with Crippen molar-refractivity contribution < 1.29 is 14.6 Å². The molecule has 8 heteroatoms. The number of benzene rings is 1. The lowest BCUT2D eigenvalue weighted by molar-refractivity contribution is 0.0734. The first kappa shape index (κ1) is 19.2. The summed E-state index contributed by atoms with van der Waals surface area (Å²) in [6.45, 7) is 3.28. The number of rotatable bonds is 5. The van der Waals surface area contributed by atoms with Crippen LogP contribution in [0.5, 0.6) is 0 Å². The molecule has 144 valence electrons. The third-order valence-corrected chi connectivity index (χ3v) is 3.91. The molecule has 0 unspecified atom stereocenters. The zero-order valence-electron chi connectivity index (χ0n) is 15.5. The summed E-state index contributed by atoms with van der Waals surface area (Å²) in [7, 11) is 0. The van der Waals surface area contributed by atoms with Gasteiger partial charge in [-0.25, -0.2) is 9.78 Å². The summed E-state index contributed by atoms with van der Waals surface area (Å²) in [5.74, 6) is 0.263. The largest absolute Gasteiger partial charge is 0.444 e. The van der Waals surface area contributed by atoms with E-state index in [9.17, 15) is 14.7 Å². The molecule has 0 aliphatic carbocycles. The number of pyridine rings is 1. The Morgan fingerprint density at radius 1 is 1.14 bits per heavy atom. The van der Waals surface area contributed by atoms with Gasteiger partial charge in [-0.2, -0.15) is 0 Å². The zero-order valence-corrected chi connectivity index (χ0v) is 15.5. The van der Waals surface area contributed by atoms with Crippen molar-refractivity contribution in [1.29, 1.82) is 0 Å². The Morgan fingerprint density at radius 2 is 1.89 bits per heavy atom. The Balaban J connectivity index is 1.74.